The lowest BCUT2D eigenvalue weighted by molar-refractivity contribution is 0.0426. The van der Waals surface area contributed by atoms with Crippen LogP contribution in [0.25, 0.3) is 10.1 Å². The maximum absolute atomic E-state index is 12.0. The van der Waals surface area contributed by atoms with Crippen LogP contribution < -0.4 is 11.3 Å². The summed E-state index contributed by atoms with van der Waals surface area (Å²) in [6, 6.07) is 7.91. The van der Waals surface area contributed by atoms with Crippen molar-refractivity contribution in [3.05, 3.63) is 34.7 Å². The van der Waals surface area contributed by atoms with Crippen molar-refractivity contribution in [2.75, 3.05) is 13.6 Å². The number of benzene rings is 1. The van der Waals surface area contributed by atoms with Crippen molar-refractivity contribution >= 4 is 27.3 Å². The van der Waals surface area contributed by atoms with E-state index in [9.17, 15) is 9.90 Å². The summed E-state index contributed by atoms with van der Waals surface area (Å²) in [7, 11) is 1.93. The van der Waals surface area contributed by atoms with Crippen LogP contribution in [0, 0.1) is 0 Å². The highest BCUT2D eigenvalue weighted by atomic mass is 32.1. The zero-order chi connectivity index (χ0) is 15.6. The van der Waals surface area contributed by atoms with E-state index in [1.165, 1.54) is 11.3 Å². The van der Waals surface area contributed by atoms with Crippen LogP contribution >= 0.6 is 11.3 Å². The van der Waals surface area contributed by atoms with Crippen LogP contribution in [0.4, 0.5) is 0 Å². The first-order valence-electron chi connectivity index (χ1n) is 6.74. The topological polar surface area (TPSA) is 78.6 Å². The second-order valence-corrected chi connectivity index (χ2v) is 6.92. The van der Waals surface area contributed by atoms with Gasteiger partial charge in [0.2, 0.25) is 0 Å². The summed E-state index contributed by atoms with van der Waals surface area (Å²) in [6.45, 7) is 4.63. The molecule has 0 bridgehead atoms. The third-order valence-corrected chi connectivity index (χ3v) is 4.33. The van der Waals surface area contributed by atoms with Gasteiger partial charge in [0.05, 0.1) is 10.5 Å². The number of nitrogens with zero attached hydrogens (tertiary/aromatic N) is 1. The SMILES string of the molecule is CN(Cc1c(C(=O)NN)sc2ccccc12)CC(C)(C)O. The third kappa shape index (κ3) is 3.79. The molecule has 0 atom stereocenters. The van der Waals surface area contributed by atoms with E-state index in [0.29, 0.717) is 18.0 Å². The standard InChI is InChI=1S/C15H21N3O2S/c1-15(2,20)9-18(3)8-11-10-6-4-5-7-12(10)21-13(11)14(19)17-16/h4-7,20H,8-9,16H2,1-3H3,(H,17,19). The van der Waals surface area contributed by atoms with E-state index in [0.717, 1.165) is 15.6 Å². The number of likely N-dealkylation sites (N-methyl/N-ethyl adjacent to an activating group) is 1. The number of carbonyl (C=O) groups excluding carboxylic acids is 1. The zero-order valence-corrected chi connectivity index (χ0v) is 13.3. The van der Waals surface area contributed by atoms with Gasteiger partial charge < -0.3 is 5.11 Å². The molecule has 21 heavy (non-hydrogen) atoms. The highest BCUT2D eigenvalue weighted by Crippen LogP contribution is 2.32. The van der Waals surface area contributed by atoms with Gasteiger partial charge in [-0.25, -0.2) is 5.84 Å². The summed E-state index contributed by atoms with van der Waals surface area (Å²) >= 11 is 1.44. The van der Waals surface area contributed by atoms with Gasteiger partial charge in [0, 0.05) is 17.8 Å². The Morgan fingerprint density at radius 2 is 2.10 bits per heavy atom. The normalized spacial score (nSPS) is 12.1. The predicted molar refractivity (Wildman–Crippen MR) is 86.1 cm³/mol. The van der Waals surface area contributed by atoms with Crippen molar-refractivity contribution in [3.63, 3.8) is 0 Å². The van der Waals surface area contributed by atoms with Crippen LogP contribution in [0.3, 0.4) is 0 Å². The average molecular weight is 307 g/mol. The van der Waals surface area contributed by atoms with Crippen molar-refractivity contribution in [1.82, 2.24) is 10.3 Å². The molecule has 0 unspecified atom stereocenters. The van der Waals surface area contributed by atoms with Crippen molar-refractivity contribution in [2.24, 2.45) is 5.84 Å². The molecule has 1 aromatic heterocycles. The smallest absolute Gasteiger partial charge is 0.275 e. The lowest BCUT2D eigenvalue weighted by Gasteiger charge is -2.25. The van der Waals surface area contributed by atoms with E-state index < -0.39 is 5.60 Å². The number of carbonyl (C=O) groups is 1. The molecule has 114 valence electrons. The first-order chi connectivity index (χ1) is 9.81. The van der Waals surface area contributed by atoms with Crippen LogP contribution in [0.1, 0.15) is 29.1 Å². The Bertz CT molecular complexity index is 646. The lowest BCUT2D eigenvalue weighted by atomic mass is 10.1. The fraction of sp³-hybridized carbons (Fsp3) is 0.400. The van der Waals surface area contributed by atoms with E-state index >= 15 is 0 Å². The molecule has 2 aromatic rings. The molecular formula is C15H21N3O2S. The molecule has 1 amide bonds. The van der Waals surface area contributed by atoms with Gasteiger partial charge in [0.15, 0.2) is 0 Å². The Morgan fingerprint density at radius 1 is 1.43 bits per heavy atom. The molecular weight excluding hydrogens is 286 g/mol. The Morgan fingerprint density at radius 3 is 2.71 bits per heavy atom. The number of amides is 1. The van der Waals surface area contributed by atoms with Crippen LogP contribution in [0.15, 0.2) is 24.3 Å². The van der Waals surface area contributed by atoms with E-state index in [1.807, 2.05) is 36.2 Å². The molecule has 1 aromatic carbocycles. The van der Waals surface area contributed by atoms with E-state index in [4.69, 9.17) is 5.84 Å². The second-order valence-electron chi connectivity index (χ2n) is 5.86. The second kappa shape index (κ2) is 6.11. The Balaban J connectivity index is 2.38. The highest BCUT2D eigenvalue weighted by molar-refractivity contribution is 7.21. The van der Waals surface area contributed by atoms with Crippen molar-refractivity contribution in [2.45, 2.75) is 26.0 Å². The summed E-state index contributed by atoms with van der Waals surface area (Å²) in [5, 5.41) is 11.0. The highest BCUT2D eigenvalue weighted by Gasteiger charge is 2.21. The molecule has 0 radical (unpaired) electrons. The van der Waals surface area contributed by atoms with Crippen molar-refractivity contribution < 1.29 is 9.90 Å². The fourth-order valence-electron chi connectivity index (χ4n) is 2.49. The molecule has 0 spiro atoms. The molecule has 0 saturated heterocycles. The number of thiophene rings is 1. The molecule has 5 nitrogen and oxygen atoms in total. The molecule has 0 aliphatic rings. The molecule has 0 aliphatic heterocycles. The monoisotopic (exact) mass is 307 g/mol. The number of aliphatic hydroxyl groups is 1. The summed E-state index contributed by atoms with van der Waals surface area (Å²) in [4.78, 5) is 14.6. The van der Waals surface area contributed by atoms with E-state index in [1.54, 1.807) is 13.8 Å². The van der Waals surface area contributed by atoms with Gasteiger partial charge in [-0.05, 0) is 37.9 Å². The van der Waals surface area contributed by atoms with Gasteiger partial charge in [-0.1, -0.05) is 18.2 Å². The number of nitrogens with one attached hydrogen (secondary N) is 1. The summed E-state index contributed by atoms with van der Waals surface area (Å²) in [5.41, 5.74) is 2.38. The molecule has 4 N–H and O–H groups in total. The van der Waals surface area contributed by atoms with Crippen LogP contribution in [-0.2, 0) is 6.54 Å². The van der Waals surface area contributed by atoms with Gasteiger partial charge in [-0.3, -0.25) is 15.1 Å². The number of rotatable bonds is 5. The van der Waals surface area contributed by atoms with Crippen molar-refractivity contribution in [3.8, 4) is 0 Å². The number of hydrogen-bond acceptors (Lipinski definition) is 5. The van der Waals surface area contributed by atoms with Gasteiger partial charge in [0.1, 0.15) is 0 Å². The molecule has 6 heteroatoms. The summed E-state index contributed by atoms with van der Waals surface area (Å²) in [5.74, 6) is 5.01. The minimum atomic E-state index is -0.781. The summed E-state index contributed by atoms with van der Waals surface area (Å²) < 4.78 is 1.06. The minimum Gasteiger partial charge on any atom is -0.389 e. The summed E-state index contributed by atoms with van der Waals surface area (Å²) in [6.07, 6.45) is 0. The zero-order valence-electron chi connectivity index (χ0n) is 12.5. The average Bonchev–Trinajstić information content (AvgIpc) is 2.75. The number of fused-ring (bicyclic) bond motifs is 1. The van der Waals surface area contributed by atoms with E-state index in [2.05, 4.69) is 5.43 Å². The predicted octanol–water partition coefficient (Wildman–Crippen LogP) is 1.71. The minimum absolute atomic E-state index is 0.275. The van der Waals surface area contributed by atoms with Crippen LogP contribution in [-0.4, -0.2) is 35.1 Å². The Labute approximate surface area is 128 Å². The van der Waals surface area contributed by atoms with E-state index in [-0.39, 0.29) is 5.91 Å². The Kier molecular flexibility index (Phi) is 4.63. The quantitative estimate of drug-likeness (QED) is 0.446. The van der Waals surface area contributed by atoms with Crippen LogP contribution in [0.5, 0.6) is 0 Å². The van der Waals surface area contributed by atoms with Gasteiger partial charge in [-0.2, -0.15) is 0 Å². The molecule has 0 saturated carbocycles. The number of hydrazine groups is 1. The first-order valence-corrected chi connectivity index (χ1v) is 7.56. The van der Waals surface area contributed by atoms with Gasteiger partial charge in [0.25, 0.3) is 5.91 Å². The largest absolute Gasteiger partial charge is 0.389 e. The van der Waals surface area contributed by atoms with Crippen LogP contribution in [0.2, 0.25) is 0 Å². The molecule has 1 heterocycles. The molecule has 0 aliphatic carbocycles. The Hall–Kier alpha value is -1.47. The lowest BCUT2D eigenvalue weighted by Crippen LogP contribution is -2.36. The van der Waals surface area contributed by atoms with Crippen molar-refractivity contribution in [1.29, 1.82) is 0 Å². The fourth-order valence-corrected chi connectivity index (χ4v) is 3.61. The van der Waals surface area contributed by atoms with Gasteiger partial charge >= 0.3 is 0 Å². The maximum atomic E-state index is 12.0. The van der Waals surface area contributed by atoms with Gasteiger partial charge in [-0.15, -0.1) is 11.3 Å². The number of nitrogen functional groups attached to an aromatic ring is 1. The molecule has 0 fully saturated rings. The third-order valence-electron chi connectivity index (χ3n) is 3.12. The number of nitrogens with two attached hydrogens (primary N) is 1. The number of hydrogen-bond donors (Lipinski definition) is 3. The maximum Gasteiger partial charge on any atom is 0.275 e. The molecule has 2 rings (SSSR count). The first kappa shape index (κ1) is 15.9.